The number of allylic oxidation sites excluding steroid dienone is 3. The van der Waals surface area contributed by atoms with Crippen molar-refractivity contribution < 1.29 is 14.0 Å². The fourth-order valence-electron chi connectivity index (χ4n) is 5.65. The molecule has 1 saturated heterocycles. The van der Waals surface area contributed by atoms with Crippen molar-refractivity contribution >= 4 is 23.1 Å². The van der Waals surface area contributed by atoms with Crippen LogP contribution in [0.1, 0.15) is 11.1 Å². The average molecular weight is 421 g/mol. The molecule has 0 spiro atoms. The lowest BCUT2D eigenvalue weighted by Gasteiger charge is -2.21. The molecule has 3 aromatic rings. The third-order valence-corrected chi connectivity index (χ3v) is 6.91. The van der Waals surface area contributed by atoms with Crippen molar-refractivity contribution in [3.63, 3.8) is 0 Å². The van der Waals surface area contributed by atoms with E-state index >= 15 is 0 Å². The van der Waals surface area contributed by atoms with Gasteiger partial charge in [0.2, 0.25) is 11.8 Å². The van der Waals surface area contributed by atoms with Gasteiger partial charge in [0.15, 0.2) is 0 Å². The van der Waals surface area contributed by atoms with Gasteiger partial charge < -0.3 is 0 Å². The van der Waals surface area contributed by atoms with E-state index in [4.69, 9.17) is 0 Å². The second-order valence-corrected chi connectivity index (χ2v) is 8.54. The van der Waals surface area contributed by atoms with E-state index in [1.54, 1.807) is 0 Å². The van der Waals surface area contributed by atoms with Crippen LogP contribution in [-0.4, -0.2) is 11.8 Å². The Labute approximate surface area is 185 Å². The second kappa shape index (κ2) is 7.13. The summed E-state index contributed by atoms with van der Waals surface area (Å²) in [6.45, 7) is 0. The van der Waals surface area contributed by atoms with Crippen molar-refractivity contribution in [2.45, 2.75) is 0 Å². The highest BCUT2D eigenvalue weighted by Gasteiger charge is 2.62. The summed E-state index contributed by atoms with van der Waals surface area (Å²) in [6.07, 6.45) is 4.18. The maximum atomic E-state index is 13.5. The molecule has 156 valence electrons. The van der Waals surface area contributed by atoms with Gasteiger partial charge in [0, 0.05) is 11.8 Å². The number of benzene rings is 3. The number of hydrogen-bond donors (Lipinski definition) is 0. The molecule has 4 atom stereocenters. The van der Waals surface area contributed by atoms with E-state index in [1.807, 2.05) is 36.4 Å². The quantitative estimate of drug-likeness (QED) is 0.428. The molecular weight excluding hydrogens is 401 g/mol. The Kier molecular flexibility index (Phi) is 4.22. The first-order valence-electron chi connectivity index (χ1n) is 10.8. The third kappa shape index (κ3) is 2.65. The van der Waals surface area contributed by atoms with Gasteiger partial charge in [0.1, 0.15) is 5.82 Å². The number of carbonyl (C=O) groups excluding carboxylic acids is 2. The predicted molar refractivity (Wildman–Crippen MR) is 121 cm³/mol. The monoisotopic (exact) mass is 421 g/mol. The van der Waals surface area contributed by atoms with Gasteiger partial charge in [-0.3, -0.25) is 9.59 Å². The number of carbonyl (C=O) groups is 2. The van der Waals surface area contributed by atoms with Crippen molar-refractivity contribution in [3.05, 3.63) is 120 Å². The molecule has 0 radical (unpaired) electrons. The Morgan fingerprint density at radius 1 is 0.656 bits per heavy atom. The van der Waals surface area contributed by atoms with E-state index in [2.05, 4.69) is 36.4 Å². The summed E-state index contributed by atoms with van der Waals surface area (Å²) in [4.78, 5) is 28.2. The molecule has 1 heterocycles. The van der Waals surface area contributed by atoms with Gasteiger partial charge in [-0.05, 0) is 46.5 Å². The van der Waals surface area contributed by atoms with Crippen LogP contribution in [0, 0.1) is 29.5 Å². The van der Waals surface area contributed by atoms with Crippen molar-refractivity contribution in [2.75, 3.05) is 4.90 Å². The van der Waals surface area contributed by atoms with Gasteiger partial charge in [-0.25, -0.2) is 9.29 Å². The van der Waals surface area contributed by atoms with Gasteiger partial charge >= 0.3 is 0 Å². The lowest BCUT2D eigenvalue weighted by Crippen LogP contribution is -2.33. The summed E-state index contributed by atoms with van der Waals surface area (Å²) < 4.78 is 13.4. The average Bonchev–Trinajstić information content (AvgIpc) is 3.46. The highest BCUT2D eigenvalue weighted by Crippen LogP contribution is 2.58. The van der Waals surface area contributed by atoms with Crippen LogP contribution in [0.25, 0.3) is 5.57 Å². The summed E-state index contributed by atoms with van der Waals surface area (Å²) in [5.41, 5.74) is 4.87. The number of imide groups is 1. The van der Waals surface area contributed by atoms with Gasteiger partial charge in [-0.2, -0.15) is 0 Å². The van der Waals surface area contributed by atoms with E-state index in [0.29, 0.717) is 5.69 Å². The molecule has 2 bridgehead atoms. The maximum Gasteiger partial charge on any atom is 0.238 e. The first kappa shape index (κ1) is 18.9. The largest absolute Gasteiger partial charge is 0.274 e. The first-order chi connectivity index (χ1) is 15.6. The molecule has 1 aliphatic heterocycles. The standard InChI is InChI=1S/C28H20FNO2/c29-19-11-13-20(14-12-19)30-27(31)25-21-15-16-22(26(25)28(30)32)24(21)23(17-7-3-1-4-8-17)18-9-5-2-6-10-18/h1-16,21-22,25-26H/t21-,22+,25-,26+. The zero-order chi connectivity index (χ0) is 21.8. The predicted octanol–water partition coefficient (Wildman–Crippen LogP) is 5.25. The Balaban J connectivity index is 1.48. The zero-order valence-electron chi connectivity index (χ0n) is 17.2. The topological polar surface area (TPSA) is 37.4 Å². The maximum absolute atomic E-state index is 13.5. The summed E-state index contributed by atoms with van der Waals surface area (Å²) >= 11 is 0. The summed E-state index contributed by atoms with van der Waals surface area (Å²) in [7, 11) is 0. The highest BCUT2D eigenvalue weighted by atomic mass is 19.1. The number of nitrogens with zero attached hydrogens (tertiary/aromatic N) is 1. The van der Waals surface area contributed by atoms with Crippen molar-refractivity contribution in [1.29, 1.82) is 0 Å². The van der Waals surface area contributed by atoms with Crippen LogP contribution >= 0.6 is 0 Å². The molecule has 3 aliphatic rings. The smallest absolute Gasteiger partial charge is 0.238 e. The van der Waals surface area contributed by atoms with Crippen LogP contribution in [0.5, 0.6) is 0 Å². The van der Waals surface area contributed by atoms with E-state index in [9.17, 15) is 14.0 Å². The summed E-state index contributed by atoms with van der Waals surface area (Å²) in [6, 6.07) is 25.9. The van der Waals surface area contributed by atoms with E-state index in [1.165, 1.54) is 29.2 Å². The fraction of sp³-hybridized carbons (Fsp3) is 0.143. The molecule has 6 rings (SSSR count). The number of hydrogen-bond acceptors (Lipinski definition) is 2. The Hall–Kier alpha value is -3.79. The van der Waals surface area contributed by atoms with Gasteiger partial charge in [-0.15, -0.1) is 0 Å². The summed E-state index contributed by atoms with van der Waals surface area (Å²) in [5.74, 6) is -1.86. The second-order valence-electron chi connectivity index (χ2n) is 8.54. The SMILES string of the molecule is O=C1[C@@H]2[C@H](C(=O)N1c1ccc(F)cc1)[C@@H]1C=C[C@H]2C1=C(c1ccccc1)c1ccccc1. The van der Waals surface area contributed by atoms with Crippen LogP contribution in [-0.2, 0) is 9.59 Å². The van der Waals surface area contributed by atoms with E-state index < -0.39 is 17.7 Å². The van der Waals surface area contributed by atoms with Crippen LogP contribution in [0.2, 0.25) is 0 Å². The molecule has 32 heavy (non-hydrogen) atoms. The molecule has 2 fully saturated rings. The minimum atomic E-state index is -0.417. The van der Waals surface area contributed by atoms with Crippen molar-refractivity contribution in [3.8, 4) is 0 Å². The van der Waals surface area contributed by atoms with Crippen LogP contribution in [0.3, 0.4) is 0 Å². The molecule has 0 unspecified atom stereocenters. The minimum Gasteiger partial charge on any atom is -0.274 e. The number of rotatable bonds is 3. The van der Waals surface area contributed by atoms with Crippen molar-refractivity contribution in [2.24, 2.45) is 23.7 Å². The van der Waals surface area contributed by atoms with Crippen LogP contribution < -0.4 is 4.90 Å². The molecule has 3 nitrogen and oxygen atoms in total. The van der Waals surface area contributed by atoms with E-state index in [0.717, 1.165) is 22.3 Å². The number of fused-ring (bicyclic) bond motifs is 5. The van der Waals surface area contributed by atoms with Crippen LogP contribution in [0.15, 0.2) is 103 Å². The van der Waals surface area contributed by atoms with Gasteiger partial charge in [0.25, 0.3) is 0 Å². The summed E-state index contributed by atoms with van der Waals surface area (Å²) in [5, 5.41) is 0. The zero-order valence-corrected chi connectivity index (χ0v) is 17.2. The van der Waals surface area contributed by atoms with Crippen molar-refractivity contribution in [1.82, 2.24) is 0 Å². The molecule has 1 saturated carbocycles. The lowest BCUT2D eigenvalue weighted by atomic mass is 9.85. The number of amides is 2. The Morgan fingerprint density at radius 2 is 1.12 bits per heavy atom. The Bertz CT molecular complexity index is 1200. The molecule has 4 heteroatoms. The molecule has 3 aromatic carbocycles. The fourth-order valence-corrected chi connectivity index (χ4v) is 5.65. The molecular formula is C28H20FNO2. The minimum absolute atomic E-state index is 0.123. The van der Waals surface area contributed by atoms with Gasteiger partial charge in [0.05, 0.1) is 17.5 Å². The Morgan fingerprint density at radius 3 is 1.59 bits per heavy atom. The molecule has 2 amide bonds. The number of anilines is 1. The third-order valence-electron chi connectivity index (χ3n) is 6.91. The van der Waals surface area contributed by atoms with E-state index in [-0.39, 0.29) is 23.7 Å². The normalized spacial score (nSPS) is 25.5. The first-order valence-corrected chi connectivity index (χ1v) is 10.8. The molecule has 2 aliphatic carbocycles. The lowest BCUT2D eigenvalue weighted by molar-refractivity contribution is -0.122. The number of halogens is 1. The molecule has 0 aromatic heterocycles. The van der Waals surface area contributed by atoms with Crippen LogP contribution in [0.4, 0.5) is 10.1 Å². The van der Waals surface area contributed by atoms with Gasteiger partial charge in [-0.1, -0.05) is 72.8 Å². The highest BCUT2D eigenvalue weighted by molar-refractivity contribution is 6.23. The molecule has 0 N–H and O–H groups in total.